The third kappa shape index (κ3) is 3.10. The molecule has 1 heterocycles. The second kappa shape index (κ2) is 7.19. The Bertz CT molecular complexity index is 1300. The molecule has 0 amide bonds. The predicted octanol–water partition coefficient (Wildman–Crippen LogP) is 7.34. The Morgan fingerprint density at radius 3 is 2.00 bits per heavy atom. The van der Waals surface area contributed by atoms with Crippen LogP contribution in [0, 0.1) is 6.92 Å². The van der Waals surface area contributed by atoms with Crippen molar-refractivity contribution in [2.75, 3.05) is 5.32 Å². The van der Waals surface area contributed by atoms with Gasteiger partial charge >= 0.3 is 0 Å². The highest BCUT2D eigenvalue weighted by Crippen LogP contribution is 2.36. The second-order valence-corrected chi connectivity index (χ2v) is 8.02. The number of aryl methyl sites for hydroxylation is 1. The van der Waals surface area contributed by atoms with E-state index in [4.69, 9.17) is 0 Å². The van der Waals surface area contributed by atoms with Crippen LogP contribution in [0.3, 0.4) is 0 Å². The molecule has 0 unspecified atom stereocenters. The summed E-state index contributed by atoms with van der Waals surface area (Å²) in [6, 6.07) is 28.4. The molecule has 5 rings (SSSR count). The number of thiophene rings is 1. The van der Waals surface area contributed by atoms with Gasteiger partial charge in [0.1, 0.15) is 5.00 Å². The Hall–Kier alpha value is -3.43. The Morgan fingerprint density at radius 2 is 1.34 bits per heavy atom. The third-order valence-corrected chi connectivity index (χ3v) is 6.25. The van der Waals surface area contributed by atoms with Crippen LogP contribution in [0.15, 0.2) is 90.3 Å². The third-order valence-electron chi connectivity index (χ3n) is 5.23. The number of benzene rings is 4. The number of carbonyl (C=O) groups excluding carboxylic acids is 1. The number of para-hydroxylation sites is 1. The zero-order chi connectivity index (χ0) is 19.8. The fourth-order valence-corrected chi connectivity index (χ4v) is 4.82. The maximum Gasteiger partial charge on any atom is 0.197 e. The standard InChI is InChI=1S/C26H19NOS/c1-17-16-29-26(27-20-11-3-2-4-12-20)23(17)25(28)24-21-13-7-5-9-18(21)15-19-10-6-8-14-22(19)24/h2-16,27H,1H3. The Kier molecular flexibility index (Phi) is 4.38. The number of anilines is 2. The summed E-state index contributed by atoms with van der Waals surface area (Å²) >= 11 is 1.57. The van der Waals surface area contributed by atoms with Crippen molar-refractivity contribution in [3.63, 3.8) is 0 Å². The number of carbonyl (C=O) groups is 1. The van der Waals surface area contributed by atoms with Crippen molar-refractivity contribution in [3.8, 4) is 0 Å². The average molecular weight is 394 g/mol. The molecule has 0 saturated carbocycles. The molecule has 29 heavy (non-hydrogen) atoms. The smallest absolute Gasteiger partial charge is 0.197 e. The number of fused-ring (bicyclic) bond motifs is 2. The first kappa shape index (κ1) is 17.7. The molecule has 0 atom stereocenters. The maximum atomic E-state index is 13.9. The maximum absolute atomic E-state index is 13.9. The minimum atomic E-state index is 0.0650. The van der Waals surface area contributed by atoms with E-state index < -0.39 is 0 Å². The summed E-state index contributed by atoms with van der Waals surface area (Å²) in [5, 5.41) is 10.5. The second-order valence-electron chi connectivity index (χ2n) is 7.14. The van der Waals surface area contributed by atoms with Crippen molar-refractivity contribution in [2.45, 2.75) is 6.92 Å². The number of ketones is 1. The van der Waals surface area contributed by atoms with Crippen LogP contribution in [0.5, 0.6) is 0 Å². The fraction of sp³-hybridized carbons (Fsp3) is 0.0385. The van der Waals surface area contributed by atoms with Crippen LogP contribution >= 0.6 is 11.3 Å². The first-order chi connectivity index (χ1) is 14.2. The van der Waals surface area contributed by atoms with Gasteiger partial charge in [-0.2, -0.15) is 0 Å². The molecule has 0 fully saturated rings. The van der Waals surface area contributed by atoms with Crippen molar-refractivity contribution in [1.82, 2.24) is 0 Å². The molecule has 0 radical (unpaired) electrons. The summed E-state index contributed by atoms with van der Waals surface area (Å²) in [5.74, 6) is 0.0650. The van der Waals surface area contributed by atoms with Crippen LogP contribution in [0.2, 0.25) is 0 Å². The van der Waals surface area contributed by atoms with Gasteiger partial charge in [-0.05, 0) is 57.6 Å². The van der Waals surface area contributed by atoms with Crippen LogP contribution in [-0.4, -0.2) is 5.78 Å². The zero-order valence-corrected chi connectivity index (χ0v) is 16.8. The lowest BCUT2D eigenvalue weighted by Crippen LogP contribution is -2.06. The summed E-state index contributed by atoms with van der Waals surface area (Å²) < 4.78 is 0. The molecule has 0 aliphatic carbocycles. The Morgan fingerprint density at radius 1 is 0.759 bits per heavy atom. The molecule has 4 aromatic carbocycles. The highest BCUT2D eigenvalue weighted by atomic mass is 32.1. The van der Waals surface area contributed by atoms with Gasteiger partial charge in [-0.1, -0.05) is 66.7 Å². The van der Waals surface area contributed by atoms with E-state index in [2.05, 4.69) is 23.5 Å². The van der Waals surface area contributed by atoms with E-state index in [-0.39, 0.29) is 5.78 Å². The number of rotatable bonds is 4. The quantitative estimate of drug-likeness (QED) is 0.256. The molecular formula is C26H19NOS. The summed E-state index contributed by atoms with van der Waals surface area (Å²) in [5.41, 5.74) is 3.50. The van der Waals surface area contributed by atoms with Crippen LogP contribution in [0.25, 0.3) is 21.5 Å². The molecule has 0 saturated heterocycles. The van der Waals surface area contributed by atoms with Gasteiger partial charge < -0.3 is 5.32 Å². The number of hydrogen-bond acceptors (Lipinski definition) is 3. The summed E-state index contributed by atoms with van der Waals surface area (Å²) in [7, 11) is 0. The van der Waals surface area contributed by atoms with Crippen molar-refractivity contribution in [3.05, 3.63) is 107 Å². The van der Waals surface area contributed by atoms with Crippen LogP contribution < -0.4 is 5.32 Å². The minimum Gasteiger partial charge on any atom is -0.347 e. The van der Waals surface area contributed by atoms with Crippen molar-refractivity contribution in [1.29, 1.82) is 0 Å². The molecule has 1 N–H and O–H groups in total. The van der Waals surface area contributed by atoms with E-state index in [1.165, 1.54) is 0 Å². The summed E-state index contributed by atoms with van der Waals surface area (Å²) in [4.78, 5) is 13.9. The van der Waals surface area contributed by atoms with Gasteiger partial charge in [0.15, 0.2) is 5.78 Å². The van der Waals surface area contributed by atoms with Crippen LogP contribution in [0.1, 0.15) is 21.5 Å². The lowest BCUT2D eigenvalue weighted by molar-refractivity contribution is 0.104. The van der Waals surface area contributed by atoms with Gasteiger partial charge in [-0.3, -0.25) is 4.79 Å². The molecular weight excluding hydrogens is 374 g/mol. The minimum absolute atomic E-state index is 0.0650. The Labute approximate surface area is 173 Å². The van der Waals surface area contributed by atoms with Crippen LogP contribution in [-0.2, 0) is 0 Å². The molecule has 0 spiro atoms. The van der Waals surface area contributed by atoms with Gasteiger partial charge in [-0.25, -0.2) is 0 Å². The average Bonchev–Trinajstić information content (AvgIpc) is 3.12. The molecule has 0 aliphatic heterocycles. The van der Waals surface area contributed by atoms with Crippen molar-refractivity contribution >= 4 is 49.4 Å². The lowest BCUT2D eigenvalue weighted by Gasteiger charge is -2.13. The largest absolute Gasteiger partial charge is 0.347 e. The van der Waals surface area contributed by atoms with E-state index in [9.17, 15) is 4.79 Å². The normalized spacial score (nSPS) is 11.1. The first-order valence-corrected chi connectivity index (χ1v) is 10.5. The molecule has 5 aromatic rings. The van der Waals surface area contributed by atoms with Gasteiger partial charge in [0.25, 0.3) is 0 Å². The summed E-state index contributed by atoms with van der Waals surface area (Å²) in [6.07, 6.45) is 0. The molecule has 2 nitrogen and oxygen atoms in total. The van der Waals surface area contributed by atoms with Crippen LogP contribution in [0.4, 0.5) is 10.7 Å². The highest BCUT2D eigenvalue weighted by molar-refractivity contribution is 7.14. The van der Waals surface area contributed by atoms with E-state index >= 15 is 0 Å². The molecule has 0 aliphatic rings. The zero-order valence-electron chi connectivity index (χ0n) is 16.0. The topological polar surface area (TPSA) is 29.1 Å². The van der Waals surface area contributed by atoms with Gasteiger partial charge in [-0.15, -0.1) is 11.3 Å². The SMILES string of the molecule is Cc1csc(Nc2ccccc2)c1C(=O)c1c2ccccc2cc2ccccc12. The molecule has 1 aromatic heterocycles. The lowest BCUT2D eigenvalue weighted by atomic mass is 9.91. The van der Waals surface area contributed by atoms with E-state index in [1.807, 2.05) is 79.0 Å². The number of nitrogens with one attached hydrogen (secondary N) is 1. The predicted molar refractivity (Wildman–Crippen MR) is 124 cm³/mol. The van der Waals surface area contributed by atoms with Gasteiger partial charge in [0.05, 0.1) is 5.56 Å². The van der Waals surface area contributed by atoms with Crippen molar-refractivity contribution in [2.24, 2.45) is 0 Å². The van der Waals surface area contributed by atoms with Gasteiger partial charge in [0, 0.05) is 11.3 Å². The number of hydrogen-bond donors (Lipinski definition) is 1. The monoisotopic (exact) mass is 393 g/mol. The van der Waals surface area contributed by atoms with E-state index in [0.29, 0.717) is 0 Å². The fourth-order valence-electron chi connectivity index (χ4n) is 3.85. The molecule has 3 heteroatoms. The van der Waals surface area contributed by atoms with Crippen molar-refractivity contribution < 1.29 is 4.79 Å². The molecule has 140 valence electrons. The van der Waals surface area contributed by atoms with E-state index in [1.54, 1.807) is 11.3 Å². The summed E-state index contributed by atoms with van der Waals surface area (Å²) in [6.45, 7) is 2.01. The van der Waals surface area contributed by atoms with Gasteiger partial charge in [0.2, 0.25) is 0 Å². The van der Waals surface area contributed by atoms with E-state index in [0.717, 1.165) is 48.9 Å². The first-order valence-electron chi connectivity index (χ1n) is 9.58. The molecule has 0 bridgehead atoms. The highest BCUT2D eigenvalue weighted by Gasteiger charge is 2.22. The Balaban J connectivity index is 1.72.